The number of fused-ring (bicyclic) bond motifs is 1. The normalized spacial score (nSPS) is 10.9. The van der Waals surface area contributed by atoms with Crippen molar-refractivity contribution in [2.24, 2.45) is 0 Å². The van der Waals surface area contributed by atoms with E-state index in [0.29, 0.717) is 17.5 Å². The number of nitrogens with zero attached hydrogens (tertiary/aromatic N) is 1. The van der Waals surface area contributed by atoms with Gasteiger partial charge in [-0.3, -0.25) is 4.79 Å². The van der Waals surface area contributed by atoms with Gasteiger partial charge in [-0.25, -0.2) is 4.79 Å². The summed E-state index contributed by atoms with van der Waals surface area (Å²) in [5, 5.41) is 9.61. The van der Waals surface area contributed by atoms with Gasteiger partial charge in [0, 0.05) is 22.1 Å². The lowest BCUT2D eigenvalue weighted by atomic mass is 10.1. The Morgan fingerprint density at radius 3 is 2.81 bits per heavy atom. The third-order valence-corrected chi connectivity index (χ3v) is 3.56. The molecule has 0 radical (unpaired) electrons. The quantitative estimate of drug-likeness (QED) is 0.790. The van der Waals surface area contributed by atoms with Crippen molar-refractivity contribution in [2.75, 3.05) is 0 Å². The zero-order chi connectivity index (χ0) is 15.0. The van der Waals surface area contributed by atoms with Gasteiger partial charge in [0.1, 0.15) is 5.58 Å². The van der Waals surface area contributed by atoms with Crippen molar-refractivity contribution >= 4 is 32.9 Å². The molecule has 2 aromatic heterocycles. The van der Waals surface area contributed by atoms with E-state index in [-0.39, 0.29) is 11.3 Å². The molecule has 0 amide bonds. The van der Waals surface area contributed by atoms with E-state index in [4.69, 9.17) is 9.52 Å². The fraction of sp³-hybridized carbons (Fsp3) is 0.0667. The number of hydrogen-bond acceptors (Lipinski definition) is 3. The number of carboxylic acids is 1. The molecule has 1 N–H and O–H groups in total. The van der Waals surface area contributed by atoms with E-state index in [2.05, 4.69) is 15.9 Å². The molecule has 6 heteroatoms. The molecule has 1 aromatic carbocycles. The topological polar surface area (TPSA) is 72.4 Å². The summed E-state index contributed by atoms with van der Waals surface area (Å²) in [6, 6.07) is 9.99. The van der Waals surface area contributed by atoms with Crippen molar-refractivity contribution in [3.8, 4) is 0 Å². The monoisotopic (exact) mass is 347 g/mol. The van der Waals surface area contributed by atoms with E-state index >= 15 is 0 Å². The van der Waals surface area contributed by atoms with Crippen LogP contribution in [0.5, 0.6) is 0 Å². The summed E-state index contributed by atoms with van der Waals surface area (Å²) >= 11 is 3.33. The number of halogens is 1. The fourth-order valence-electron chi connectivity index (χ4n) is 2.12. The van der Waals surface area contributed by atoms with Crippen LogP contribution in [0.3, 0.4) is 0 Å². The molecule has 3 aromatic rings. The Balaban J connectivity index is 1.99. The molecular weight excluding hydrogens is 338 g/mol. The third-order valence-electron chi connectivity index (χ3n) is 3.09. The summed E-state index contributed by atoms with van der Waals surface area (Å²) in [5.41, 5.74) is 1.30. The predicted octanol–water partition coefficient (Wildman–Crippen LogP) is 3.10. The van der Waals surface area contributed by atoms with Gasteiger partial charge in [0.15, 0.2) is 0 Å². The summed E-state index contributed by atoms with van der Waals surface area (Å²) in [6.45, 7) is 0.405. The number of aromatic nitrogens is 1. The Morgan fingerprint density at radius 2 is 2.05 bits per heavy atom. The van der Waals surface area contributed by atoms with E-state index in [1.54, 1.807) is 22.9 Å². The molecule has 0 aliphatic heterocycles. The largest absolute Gasteiger partial charge is 0.475 e. The zero-order valence-electron chi connectivity index (χ0n) is 10.7. The summed E-state index contributed by atoms with van der Waals surface area (Å²) in [5.74, 6) is -1.20. The maximum absolute atomic E-state index is 11.8. The molecule has 0 saturated heterocycles. The zero-order valence-corrected chi connectivity index (χ0v) is 12.3. The lowest BCUT2D eigenvalue weighted by Crippen LogP contribution is -2.18. The maximum atomic E-state index is 11.8. The van der Waals surface area contributed by atoms with Gasteiger partial charge in [0.05, 0.1) is 6.54 Å². The van der Waals surface area contributed by atoms with Crippen LogP contribution in [-0.4, -0.2) is 15.6 Å². The average Bonchev–Trinajstić information content (AvgIpc) is 2.86. The highest BCUT2D eigenvalue weighted by Gasteiger charge is 2.10. The van der Waals surface area contributed by atoms with Crippen LogP contribution >= 0.6 is 15.9 Å². The van der Waals surface area contributed by atoms with Gasteiger partial charge in [0.2, 0.25) is 5.76 Å². The van der Waals surface area contributed by atoms with Gasteiger partial charge in [-0.15, -0.1) is 0 Å². The van der Waals surface area contributed by atoms with Crippen LogP contribution in [0.4, 0.5) is 0 Å². The molecule has 106 valence electrons. The Kier molecular flexibility index (Phi) is 3.39. The highest BCUT2D eigenvalue weighted by atomic mass is 79.9. The first-order valence-corrected chi connectivity index (χ1v) is 6.94. The Labute approximate surface area is 127 Å². The highest BCUT2D eigenvalue weighted by molar-refractivity contribution is 9.10. The molecule has 21 heavy (non-hydrogen) atoms. The van der Waals surface area contributed by atoms with Crippen molar-refractivity contribution in [1.29, 1.82) is 0 Å². The second kappa shape index (κ2) is 5.21. The summed E-state index contributed by atoms with van der Waals surface area (Å²) in [7, 11) is 0. The summed E-state index contributed by atoms with van der Waals surface area (Å²) in [4.78, 5) is 22.7. The SMILES string of the molecule is O=C(O)c1cc2cc(Cn3cc(Br)ccc3=O)ccc2o1. The van der Waals surface area contributed by atoms with Crippen LogP contribution in [0.2, 0.25) is 0 Å². The summed E-state index contributed by atoms with van der Waals surface area (Å²) < 4.78 is 7.59. The van der Waals surface area contributed by atoms with Crippen molar-refractivity contribution < 1.29 is 14.3 Å². The van der Waals surface area contributed by atoms with Crippen LogP contribution in [0, 0.1) is 0 Å². The first-order valence-electron chi connectivity index (χ1n) is 6.15. The number of carbonyl (C=O) groups is 1. The molecule has 0 atom stereocenters. The second-order valence-electron chi connectivity index (χ2n) is 4.60. The lowest BCUT2D eigenvalue weighted by molar-refractivity contribution is 0.0665. The third kappa shape index (κ3) is 2.75. The molecule has 0 aliphatic rings. The molecular formula is C15H10BrNO4. The van der Waals surface area contributed by atoms with Crippen LogP contribution in [0.15, 0.2) is 56.3 Å². The smallest absolute Gasteiger partial charge is 0.371 e. The van der Waals surface area contributed by atoms with E-state index in [1.165, 1.54) is 12.1 Å². The van der Waals surface area contributed by atoms with E-state index in [0.717, 1.165) is 10.0 Å². The number of benzene rings is 1. The number of rotatable bonds is 3. The van der Waals surface area contributed by atoms with Crippen molar-refractivity contribution in [3.63, 3.8) is 0 Å². The molecule has 0 saturated carbocycles. The first-order chi connectivity index (χ1) is 10.0. The molecule has 0 spiro atoms. The van der Waals surface area contributed by atoms with Gasteiger partial charge in [0.25, 0.3) is 5.56 Å². The van der Waals surface area contributed by atoms with Crippen molar-refractivity contribution in [2.45, 2.75) is 6.54 Å². The highest BCUT2D eigenvalue weighted by Crippen LogP contribution is 2.21. The predicted molar refractivity (Wildman–Crippen MR) is 80.7 cm³/mol. The number of pyridine rings is 1. The van der Waals surface area contributed by atoms with Gasteiger partial charge < -0.3 is 14.1 Å². The molecule has 5 nitrogen and oxygen atoms in total. The molecule has 2 heterocycles. The number of carboxylic acid groups (broad SMARTS) is 1. The minimum absolute atomic E-state index is 0.0956. The summed E-state index contributed by atoms with van der Waals surface area (Å²) in [6.07, 6.45) is 1.71. The Bertz CT molecular complexity index is 894. The fourth-order valence-corrected chi connectivity index (χ4v) is 2.50. The minimum Gasteiger partial charge on any atom is -0.475 e. The van der Waals surface area contributed by atoms with Crippen molar-refractivity contribution in [3.05, 3.63) is 68.7 Å². The Morgan fingerprint density at radius 1 is 1.24 bits per heavy atom. The molecule has 0 bridgehead atoms. The van der Waals surface area contributed by atoms with Gasteiger partial charge in [-0.2, -0.15) is 0 Å². The van der Waals surface area contributed by atoms with Crippen LogP contribution < -0.4 is 5.56 Å². The van der Waals surface area contributed by atoms with Gasteiger partial charge in [-0.1, -0.05) is 6.07 Å². The van der Waals surface area contributed by atoms with E-state index in [1.807, 2.05) is 12.1 Å². The minimum atomic E-state index is -1.10. The number of furan rings is 1. The van der Waals surface area contributed by atoms with Crippen LogP contribution in [0.25, 0.3) is 11.0 Å². The van der Waals surface area contributed by atoms with E-state index < -0.39 is 5.97 Å². The van der Waals surface area contributed by atoms with Crippen LogP contribution in [0.1, 0.15) is 16.1 Å². The van der Waals surface area contributed by atoms with Crippen LogP contribution in [-0.2, 0) is 6.54 Å². The average molecular weight is 348 g/mol. The van der Waals surface area contributed by atoms with Gasteiger partial charge >= 0.3 is 5.97 Å². The van der Waals surface area contributed by atoms with Gasteiger partial charge in [-0.05, 0) is 45.8 Å². The first kappa shape index (κ1) is 13.6. The second-order valence-corrected chi connectivity index (χ2v) is 5.52. The maximum Gasteiger partial charge on any atom is 0.371 e. The molecule has 3 rings (SSSR count). The molecule has 0 fully saturated rings. The Hall–Kier alpha value is -2.34. The number of hydrogen-bond donors (Lipinski definition) is 1. The van der Waals surface area contributed by atoms with Crippen molar-refractivity contribution in [1.82, 2.24) is 4.57 Å². The number of aromatic carboxylic acids is 1. The molecule has 0 unspecified atom stereocenters. The molecule has 0 aliphatic carbocycles. The van der Waals surface area contributed by atoms with E-state index in [9.17, 15) is 9.59 Å². The lowest BCUT2D eigenvalue weighted by Gasteiger charge is -2.06. The standard InChI is InChI=1S/C15H10BrNO4/c16-11-2-4-14(18)17(8-11)7-9-1-3-12-10(5-9)6-13(21-12)15(19)20/h1-6,8H,7H2,(H,19,20).